The van der Waals surface area contributed by atoms with Gasteiger partial charge in [-0.2, -0.15) is 0 Å². The molecule has 0 aromatic carbocycles. The van der Waals surface area contributed by atoms with Crippen LogP contribution in [0.15, 0.2) is 11.6 Å². The van der Waals surface area contributed by atoms with Gasteiger partial charge in [-0.25, -0.2) is 0 Å². The maximum atomic E-state index is 10.1. The van der Waals surface area contributed by atoms with Crippen molar-refractivity contribution in [3.8, 4) is 0 Å². The molecule has 0 heterocycles. The second-order valence-corrected chi connectivity index (χ2v) is 6.26. The number of aliphatic hydroxyl groups is 1. The van der Waals surface area contributed by atoms with Gasteiger partial charge in [0.2, 0.25) is 0 Å². The van der Waals surface area contributed by atoms with Crippen molar-refractivity contribution in [3.05, 3.63) is 11.6 Å². The minimum Gasteiger partial charge on any atom is -0.393 e. The Balaban J connectivity index is 2.66. The molecule has 1 heteroatoms. The predicted molar refractivity (Wildman–Crippen MR) is 65.7 cm³/mol. The van der Waals surface area contributed by atoms with Crippen molar-refractivity contribution < 1.29 is 5.11 Å². The molecule has 0 aromatic heterocycles. The first-order valence-corrected chi connectivity index (χ1v) is 6.20. The lowest BCUT2D eigenvalue weighted by atomic mass is 9.73. The Hall–Kier alpha value is -0.300. The van der Waals surface area contributed by atoms with Gasteiger partial charge >= 0.3 is 0 Å². The zero-order chi connectivity index (χ0) is 11.6. The van der Waals surface area contributed by atoms with Gasteiger partial charge in [0.1, 0.15) is 0 Å². The highest BCUT2D eigenvalue weighted by Crippen LogP contribution is 2.38. The molecule has 0 aliphatic heterocycles. The smallest absolute Gasteiger partial charge is 0.0594 e. The number of hydrogen-bond donors (Lipinski definition) is 1. The molecule has 1 aliphatic carbocycles. The van der Waals surface area contributed by atoms with Gasteiger partial charge in [-0.3, -0.25) is 0 Å². The molecule has 2 atom stereocenters. The van der Waals surface area contributed by atoms with Gasteiger partial charge in [-0.05, 0) is 36.5 Å². The van der Waals surface area contributed by atoms with E-state index in [0.29, 0.717) is 11.8 Å². The second kappa shape index (κ2) is 4.69. The third-order valence-electron chi connectivity index (χ3n) is 3.54. The molecule has 15 heavy (non-hydrogen) atoms. The van der Waals surface area contributed by atoms with E-state index in [2.05, 4.69) is 40.7 Å². The molecular formula is C14H26O. The summed E-state index contributed by atoms with van der Waals surface area (Å²) < 4.78 is 0. The Kier molecular flexibility index (Phi) is 3.99. The van der Waals surface area contributed by atoms with Crippen LogP contribution in [0.3, 0.4) is 0 Å². The Morgan fingerprint density at radius 1 is 1.33 bits per heavy atom. The fourth-order valence-electron chi connectivity index (χ4n) is 2.39. The number of rotatable bonds is 2. The monoisotopic (exact) mass is 210 g/mol. The number of aliphatic hydroxyl groups excluding tert-OH is 1. The maximum absolute atomic E-state index is 10.1. The molecule has 0 bridgehead atoms. The van der Waals surface area contributed by atoms with Crippen LogP contribution in [0.25, 0.3) is 0 Å². The van der Waals surface area contributed by atoms with Crippen molar-refractivity contribution in [3.63, 3.8) is 0 Å². The van der Waals surface area contributed by atoms with Gasteiger partial charge < -0.3 is 5.11 Å². The molecule has 0 radical (unpaired) electrons. The normalized spacial score (nSPS) is 25.3. The molecule has 1 aliphatic rings. The van der Waals surface area contributed by atoms with Gasteiger partial charge in [0, 0.05) is 0 Å². The van der Waals surface area contributed by atoms with Gasteiger partial charge in [0.25, 0.3) is 0 Å². The van der Waals surface area contributed by atoms with Crippen LogP contribution in [0, 0.1) is 17.3 Å². The lowest BCUT2D eigenvalue weighted by molar-refractivity contribution is 0.0561. The van der Waals surface area contributed by atoms with E-state index in [1.807, 2.05) is 0 Å². The summed E-state index contributed by atoms with van der Waals surface area (Å²) in [4.78, 5) is 0. The topological polar surface area (TPSA) is 20.2 Å². The molecule has 1 N–H and O–H groups in total. The summed E-state index contributed by atoms with van der Waals surface area (Å²) in [6, 6.07) is 0. The van der Waals surface area contributed by atoms with Crippen LogP contribution in [0.4, 0.5) is 0 Å². The molecule has 0 spiro atoms. The van der Waals surface area contributed by atoms with Crippen LogP contribution in [0.5, 0.6) is 0 Å². The summed E-state index contributed by atoms with van der Waals surface area (Å²) in [5.74, 6) is 0.860. The highest BCUT2D eigenvalue weighted by Gasteiger charge is 2.29. The van der Waals surface area contributed by atoms with E-state index in [9.17, 15) is 5.11 Å². The summed E-state index contributed by atoms with van der Waals surface area (Å²) in [5.41, 5.74) is 1.80. The van der Waals surface area contributed by atoms with E-state index in [-0.39, 0.29) is 11.5 Å². The van der Waals surface area contributed by atoms with Crippen molar-refractivity contribution in [1.82, 2.24) is 0 Å². The lowest BCUT2D eigenvalue weighted by Gasteiger charge is -2.34. The number of hydrogen-bond acceptors (Lipinski definition) is 1. The lowest BCUT2D eigenvalue weighted by Crippen LogP contribution is -2.29. The largest absolute Gasteiger partial charge is 0.393 e. The van der Waals surface area contributed by atoms with Crippen molar-refractivity contribution in [1.29, 1.82) is 0 Å². The molecule has 0 fully saturated rings. The Morgan fingerprint density at radius 2 is 1.93 bits per heavy atom. The fourth-order valence-corrected chi connectivity index (χ4v) is 2.39. The van der Waals surface area contributed by atoms with Gasteiger partial charge in [-0.15, -0.1) is 0 Å². The van der Waals surface area contributed by atoms with E-state index in [0.717, 1.165) is 19.3 Å². The summed E-state index contributed by atoms with van der Waals surface area (Å²) in [6.07, 6.45) is 5.63. The SMILES string of the molecule is CC(C)C(O)C1CCC=C(C(C)(C)C)C1. The third-order valence-corrected chi connectivity index (χ3v) is 3.54. The van der Waals surface area contributed by atoms with E-state index >= 15 is 0 Å². The minimum absolute atomic E-state index is 0.129. The molecule has 0 saturated heterocycles. The molecule has 0 saturated carbocycles. The molecule has 1 rings (SSSR count). The molecule has 2 unspecified atom stereocenters. The Morgan fingerprint density at radius 3 is 2.40 bits per heavy atom. The summed E-state index contributed by atoms with van der Waals surface area (Å²) in [6.45, 7) is 11.0. The van der Waals surface area contributed by atoms with Gasteiger partial charge in [0.15, 0.2) is 0 Å². The quantitative estimate of drug-likeness (QED) is 0.688. The van der Waals surface area contributed by atoms with Crippen molar-refractivity contribution in [2.24, 2.45) is 17.3 Å². The molecule has 0 aromatic rings. The zero-order valence-electron chi connectivity index (χ0n) is 10.9. The minimum atomic E-state index is -0.129. The van der Waals surface area contributed by atoms with Crippen LogP contribution < -0.4 is 0 Å². The molecule has 88 valence electrons. The number of allylic oxidation sites excluding steroid dienone is 2. The van der Waals surface area contributed by atoms with E-state index in [4.69, 9.17) is 0 Å². The first kappa shape index (κ1) is 12.8. The molecule has 0 amide bonds. The van der Waals surface area contributed by atoms with E-state index in [1.165, 1.54) is 5.57 Å². The van der Waals surface area contributed by atoms with Gasteiger partial charge in [-0.1, -0.05) is 46.3 Å². The highest BCUT2D eigenvalue weighted by molar-refractivity contribution is 5.14. The average molecular weight is 210 g/mol. The summed E-state index contributed by atoms with van der Waals surface area (Å²) in [7, 11) is 0. The standard InChI is InChI=1S/C14H26O/c1-10(2)13(15)11-7-6-8-12(9-11)14(3,4)5/h8,10-11,13,15H,6-7,9H2,1-5H3. The summed E-state index contributed by atoms with van der Waals surface area (Å²) in [5, 5.41) is 10.1. The van der Waals surface area contributed by atoms with E-state index < -0.39 is 0 Å². The maximum Gasteiger partial charge on any atom is 0.0594 e. The van der Waals surface area contributed by atoms with Crippen LogP contribution in [0.1, 0.15) is 53.9 Å². The summed E-state index contributed by atoms with van der Waals surface area (Å²) >= 11 is 0. The second-order valence-electron chi connectivity index (χ2n) is 6.26. The van der Waals surface area contributed by atoms with Crippen LogP contribution in [0.2, 0.25) is 0 Å². The molecular weight excluding hydrogens is 184 g/mol. The van der Waals surface area contributed by atoms with Crippen LogP contribution in [-0.2, 0) is 0 Å². The van der Waals surface area contributed by atoms with Crippen molar-refractivity contribution in [2.45, 2.75) is 60.0 Å². The first-order chi connectivity index (χ1) is 6.82. The average Bonchev–Trinajstić information content (AvgIpc) is 2.15. The van der Waals surface area contributed by atoms with Crippen LogP contribution >= 0.6 is 0 Å². The highest BCUT2D eigenvalue weighted by atomic mass is 16.3. The molecule has 1 nitrogen and oxygen atoms in total. The Bertz CT molecular complexity index is 232. The third kappa shape index (κ3) is 3.34. The predicted octanol–water partition coefficient (Wildman–Crippen LogP) is 3.78. The van der Waals surface area contributed by atoms with Crippen molar-refractivity contribution in [2.75, 3.05) is 0 Å². The Labute approximate surface area is 94.6 Å². The zero-order valence-corrected chi connectivity index (χ0v) is 10.9. The van der Waals surface area contributed by atoms with Gasteiger partial charge in [0.05, 0.1) is 6.10 Å². The van der Waals surface area contributed by atoms with Crippen molar-refractivity contribution >= 4 is 0 Å². The van der Waals surface area contributed by atoms with Crippen LogP contribution in [-0.4, -0.2) is 11.2 Å². The first-order valence-electron chi connectivity index (χ1n) is 6.20. The van der Waals surface area contributed by atoms with E-state index in [1.54, 1.807) is 0 Å². The fraction of sp³-hybridized carbons (Fsp3) is 0.857.